The van der Waals surface area contributed by atoms with Crippen LogP contribution in [0.4, 0.5) is 5.69 Å². The lowest BCUT2D eigenvalue weighted by molar-refractivity contribution is -0.114. The molecule has 1 aromatic heterocycles. The molecule has 1 aliphatic rings. The normalized spacial score (nSPS) is 16.2. The van der Waals surface area contributed by atoms with Gasteiger partial charge in [-0.1, -0.05) is 30.5 Å². The van der Waals surface area contributed by atoms with Gasteiger partial charge in [-0.2, -0.15) is 4.98 Å². The first-order valence-electron chi connectivity index (χ1n) is 8.49. The summed E-state index contributed by atoms with van der Waals surface area (Å²) in [5.41, 5.74) is 0.474. The van der Waals surface area contributed by atoms with Crippen LogP contribution in [0.1, 0.15) is 61.1 Å². The van der Waals surface area contributed by atoms with Crippen molar-refractivity contribution in [3.8, 4) is 0 Å². The number of amides is 2. The molecule has 0 radical (unpaired) electrons. The molecule has 0 bridgehead atoms. The molecule has 0 spiro atoms. The lowest BCUT2D eigenvalue weighted by Gasteiger charge is -2.35. The molecule has 0 unspecified atom stereocenters. The summed E-state index contributed by atoms with van der Waals surface area (Å²) in [6.45, 7) is 3.17. The maximum atomic E-state index is 12.8. The van der Waals surface area contributed by atoms with E-state index in [0.717, 1.165) is 32.1 Å². The fourth-order valence-electron chi connectivity index (χ4n) is 3.28. The molecule has 1 saturated carbocycles. The van der Waals surface area contributed by atoms with Crippen LogP contribution in [0.3, 0.4) is 0 Å². The Hall–Kier alpha value is -2.70. The number of nitrogens with one attached hydrogen (secondary N) is 2. The van der Waals surface area contributed by atoms with Crippen molar-refractivity contribution in [3.05, 3.63) is 41.5 Å². The SMILES string of the molecule is CC(=O)Nc1cccc(C(=O)NC2(c3noc(C)n3)CCCCC2)c1. The van der Waals surface area contributed by atoms with Crippen molar-refractivity contribution in [2.75, 3.05) is 5.32 Å². The zero-order chi connectivity index (χ0) is 17.9. The lowest BCUT2D eigenvalue weighted by Crippen LogP contribution is -2.48. The van der Waals surface area contributed by atoms with Crippen LogP contribution in [0.25, 0.3) is 0 Å². The molecule has 3 rings (SSSR count). The van der Waals surface area contributed by atoms with Gasteiger partial charge in [-0.25, -0.2) is 0 Å². The van der Waals surface area contributed by atoms with Gasteiger partial charge in [0, 0.05) is 25.1 Å². The van der Waals surface area contributed by atoms with E-state index in [2.05, 4.69) is 20.8 Å². The molecule has 1 aliphatic carbocycles. The third-order valence-electron chi connectivity index (χ3n) is 4.46. The van der Waals surface area contributed by atoms with Crippen molar-refractivity contribution in [1.82, 2.24) is 15.5 Å². The molecule has 1 fully saturated rings. The highest BCUT2D eigenvalue weighted by molar-refractivity contribution is 5.97. The highest BCUT2D eigenvalue weighted by atomic mass is 16.5. The van der Waals surface area contributed by atoms with E-state index in [1.807, 2.05) is 0 Å². The minimum atomic E-state index is -0.600. The summed E-state index contributed by atoms with van der Waals surface area (Å²) in [6, 6.07) is 6.87. The second kappa shape index (κ2) is 7.04. The van der Waals surface area contributed by atoms with Gasteiger partial charge in [-0.05, 0) is 31.0 Å². The summed E-state index contributed by atoms with van der Waals surface area (Å²) in [4.78, 5) is 28.4. The van der Waals surface area contributed by atoms with Crippen LogP contribution >= 0.6 is 0 Å². The van der Waals surface area contributed by atoms with E-state index in [-0.39, 0.29) is 11.8 Å². The predicted molar refractivity (Wildman–Crippen MR) is 92.0 cm³/mol. The average Bonchev–Trinajstić information content (AvgIpc) is 3.02. The predicted octanol–water partition coefficient (Wildman–Crippen LogP) is 2.93. The van der Waals surface area contributed by atoms with Crippen LogP contribution in [0.2, 0.25) is 0 Å². The van der Waals surface area contributed by atoms with Crippen molar-refractivity contribution in [1.29, 1.82) is 0 Å². The fourth-order valence-corrected chi connectivity index (χ4v) is 3.28. The monoisotopic (exact) mass is 342 g/mol. The molecule has 7 heteroatoms. The van der Waals surface area contributed by atoms with Crippen LogP contribution in [-0.4, -0.2) is 22.0 Å². The van der Waals surface area contributed by atoms with Gasteiger partial charge in [-0.15, -0.1) is 0 Å². The Kier molecular flexibility index (Phi) is 4.83. The molecule has 0 saturated heterocycles. The molecular formula is C18H22N4O3. The number of hydrogen-bond donors (Lipinski definition) is 2. The van der Waals surface area contributed by atoms with Crippen LogP contribution < -0.4 is 10.6 Å². The number of hydrogen-bond acceptors (Lipinski definition) is 5. The quantitative estimate of drug-likeness (QED) is 0.890. The van der Waals surface area contributed by atoms with Gasteiger partial charge in [0.05, 0.1) is 0 Å². The van der Waals surface area contributed by atoms with Crippen LogP contribution in [-0.2, 0) is 10.3 Å². The molecule has 25 heavy (non-hydrogen) atoms. The third-order valence-corrected chi connectivity index (χ3v) is 4.46. The van der Waals surface area contributed by atoms with Gasteiger partial charge in [0.2, 0.25) is 11.8 Å². The van der Waals surface area contributed by atoms with E-state index < -0.39 is 5.54 Å². The van der Waals surface area contributed by atoms with E-state index in [1.54, 1.807) is 31.2 Å². The number of benzene rings is 1. The summed E-state index contributed by atoms with van der Waals surface area (Å²) < 4.78 is 5.13. The second-order valence-electron chi connectivity index (χ2n) is 6.50. The molecule has 0 aliphatic heterocycles. The van der Waals surface area contributed by atoms with E-state index in [0.29, 0.717) is 23.0 Å². The standard InChI is InChI=1S/C18H22N4O3/c1-12(23)19-15-8-6-7-14(11-15)16(24)21-18(9-4-3-5-10-18)17-20-13(2)25-22-17/h6-8,11H,3-5,9-10H2,1-2H3,(H,19,23)(H,21,24). The first-order chi connectivity index (χ1) is 12.0. The van der Waals surface area contributed by atoms with Crippen molar-refractivity contribution in [3.63, 3.8) is 0 Å². The van der Waals surface area contributed by atoms with E-state index >= 15 is 0 Å². The molecule has 2 aromatic rings. The van der Waals surface area contributed by atoms with Gasteiger partial charge in [0.25, 0.3) is 5.91 Å². The average molecular weight is 342 g/mol. The maximum absolute atomic E-state index is 12.8. The Balaban J connectivity index is 1.84. The highest BCUT2D eigenvalue weighted by Crippen LogP contribution is 2.36. The van der Waals surface area contributed by atoms with Gasteiger partial charge in [0.15, 0.2) is 5.82 Å². The number of nitrogens with zero attached hydrogens (tertiary/aromatic N) is 2. The van der Waals surface area contributed by atoms with Crippen LogP contribution in [0.15, 0.2) is 28.8 Å². The Bertz CT molecular complexity index is 778. The molecule has 2 amide bonds. The number of aryl methyl sites for hydroxylation is 1. The molecule has 0 atom stereocenters. The summed E-state index contributed by atoms with van der Waals surface area (Å²) in [5.74, 6) is 0.637. The van der Waals surface area contributed by atoms with Gasteiger partial charge in [-0.3, -0.25) is 9.59 Å². The number of aromatic nitrogens is 2. The summed E-state index contributed by atoms with van der Waals surface area (Å²) in [7, 11) is 0. The first-order valence-corrected chi connectivity index (χ1v) is 8.49. The first kappa shape index (κ1) is 17.1. The van der Waals surface area contributed by atoms with E-state index in [9.17, 15) is 9.59 Å². The second-order valence-corrected chi connectivity index (χ2v) is 6.50. The number of carbonyl (C=O) groups excluding carboxylic acids is 2. The van der Waals surface area contributed by atoms with E-state index in [1.165, 1.54) is 6.92 Å². The van der Waals surface area contributed by atoms with Gasteiger partial charge in [0.1, 0.15) is 5.54 Å². The maximum Gasteiger partial charge on any atom is 0.252 e. The summed E-state index contributed by atoms with van der Waals surface area (Å²) in [5, 5.41) is 9.87. The molecule has 7 nitrogen and oxygen atoms in total. The van der Waals surface area contributed by atoms with Crippen LogP contribution in [0.5, 0.6) is 0 Å². The smallest absolute Gasteiger partial charge is 0.252 e. The molecular weight excluding hydrogens is 320 g/mol. The lowest BCUT2D eigenvalue weighted by atomic mass is 9.80. The third kappa shape index (κ3) is 3.87. The van der Waals surface area contributed by atoms with E-state index in [4.69, 9.17) is 4.52 Å². The Labute approximate surface area is 146 Å². The van der Waals surface area contributed by atoms with Gasteiger partial charge < -0.3 is 15.2 Å². The number of carbonyl (C=O) groups is 2. The highest BCUT2D eigenvalue weighted by Gasteiger charge is 2.39. The van der Waals surface area contributed by atoms with Crippen molar-refractivity contribution >= 4 is 17.5 Å². The Morgan fingerprint density at radius 3 is 2.60 bits per heavy atom. The van der Waals surface area contributed by atoms with Crippen molar-refractivity contribution in [2.24, 2.45) is 0 Å². The summed E-state index contributed by atoms with van der Waals surface area (Å²) >= 11 is 0. The Morgan fingerprint density at radius 2 is 1.96 bits per heavy atom. The summed E-state index contributed by atoms with van der Waals surface area (Å²) in [6.07, 6.45) is 4.69. The molecule has 2 N–H and O–H groups in total. The zero-order valence-corrected chi connectivity index (χ0v) is 14.5. The Morgan fingerprint density at radius 1 is 1.20 bits per heavy atom. The molecule has 1 heterocycles. The topological polar surface area (TPSA) is 97.1 Å². The fraction of sp³-hybridized carbons (Fsp3) is 0.444. The van der Waals surface area contributed by atoms with Crippen LogP contribution in [0, 0.1) is 6.92 Å². The van der Waals surface area contributed by atoms with Gasteiger partial charge >= 0.3 is 0 Å². The zero-order valence-electron chi connectivity index (χ0n) is 14.5. The molecule has 1 aromatic carbocycles. The van der Waals surface area contributed by atoms with Crippen molar-refractivity contribution < 1.29 is 14.1 Å². The molecule has 132 valence electrons. The number of rotatable bonds is 4. The largest absolute Gasteiger partial charge is 0.340 e. The minimum absolute atomic E-state index is 0.177. The van der Waals surface area contributed by atoms with Crippen molar-refractivity contribution in [2.45, 2.75) is 51.5 Å². The number of anilines is 1. The minimum Gasteiger partial charge on any atom is -0.340 e.